The summed E-state index contributed by atoms with van der Waals surface area (Å²) in [6.07, 6.45) is 4.97. The van der Waals surface area contributed by atoms with Crippen LogP contribution in [0.1, 0.15) is 57.2 Å². The lowest BCUT2D eigenvalue weighted by molar-refractivity contribution is 0.322. The number of hydrogen-bond donors (Lipinski definition) is 1. The maximum absolute atomic E-state index is 3.84. The third-order valence-electron chi connectivity index (χ3n) is 4.43. The molecule has 2 unspecified atom stereocenters. The molecule has 0 aromatic heterocycles. The van der Waals surface area contributed by atoms with E-state index in [-0.39, 0.29) is 0 Å². The highest BCUT2D eigenvalue weighted by Gasteiger charge is 2.26. The Balaban J connectivity index is 2.08. The van der Waals surface area contributed by atoms with Gasteiger partial charge in [0.2, 0.25) is 0 Å². The van der Waals surface area contributed by atoms with Crippen LogP contribution in [0.4, 0.5) is 0 Å². The smallest absolute Gasteiger partial charge is 0.0328 e. The van der Waals surface area contributed by atoms with Crippen molar-refractivity contribution in [3.63, 3.8) is 0 Å². The first kappa shape index (κ1) is 14.1. The quantitative estimate of drug-likeness (QED) is 0.819. The molecular weight excluding hydrogens is 286 g/mol. The molecule has 1 nitrogen and oxygen atoms in total. The number of fused-ring (bicyclic) bond motifs is 1. The van der Waals surface area contributed by atoms with Gasteiger partial charge in [-0.15, -0.1) is 0 Å². The van der Waals surface area contributed by atoms with Gasteiger partial charge in [-0.2, -0.15) is 0 Å². The van der Waals surface area contributed by atoms with Crippen LogP contribution < -0.4 is 5.32 Å². The molecule has 0 heterocycles. The Labute approximate surface area is 119 Å². The van der Waals surface area contributed by atoms with E-state index >= 15 is 0 Å². The molecule has 100 valence electrons. The standard InChI is InChI=1S/C16H24BrN/c1-4-12(5-2)11(3)18-16-10-9-13-14(16)7-6-8-15(13)17/h6-8,11-12,16,18H,4-5,9-10H2,1-3H3. The second-order valence-corrected chi connectivity index (χ2v) is 6.29. The lowest BCUT2D eigenvalue weighted by atomic mass is 9.94. The van der Waals surface area contributed by atoms with Gasteiger partial charge in [0.05, 0.1) is 0 Å². The molecule has 0 amide bonds. The van der Waals surface area contributed by atoms with E-state index in [0.29, 0.717) is 12.1 Å². The first-order valence-corrected chi connectivity index (χ1v) is 8.00. The van der Waals surface area contributed by atoms with E-state index in [4.69, 9.17) is 0 Å². The molecular formula is C16H24BrN. The number of rotatable bonds is 5. The Kier molecular flexibility index (Phi) is 4.85. The van der Waals surface area contributed by atoms with Gasteiger partial charge < -0.3 is 5.32 Å². The molecule has 1 aromatic carbocycles. The minimum Gasteiger partial charge on any atom is -0.307 e. The summed E-state index contributed by atoms with van der Waals surface area (Å²) in [7, 11) is 0. The highest BCUT2D eigenvalue weighted by molar-refractivity contribution is 9.10. The second kappa shape index (κ2) is 6.21. The van der Waals surface area contributed by atoms with Crippen LogP contribution in [0.2, 0.25) is 0 Å². The largest absolute Gasteiger partial charge is 0.307 e. The molecule has 1 N–H and O–H groups in total. The number of benzene rings is 1. The lowest BCUT2D eigenvalue weighted by Crippen LogP contribution is -2.35. The summed E-state index contributed by atoms with van der Waals surface area (Å²) in [5, 5.41) is 3.84. The predicted octanol–water partition coefficient (Wildman–Crippen LogP) is 4.85. The first-order valence-electron chi connectivity index (χ1n) is 7.20. The fraction of sp³-hybridized carbons (Fsp3) is 0.625. The molecule has 0 saturated heterocycles. The topological polar surface area (TPSA) is 12.0 Å². The van der Waals surface area contributed by atoms with E-state index in [2.05, 4.69) is 60.2 Å². The van der Waals surface area contributed by atoms with E-state index in [0.717, 1.165) is 5.92 Å². The van der Waals surface area contributed by atoms with Gasteiger partial charge in [-0.3, -0.25) is 0 Å². The fourth-order valence-corrected chi connectivity index (χ4v) is 3.81. The molecule has 2 atom stereocenters. The zero-order valence-electron chi connectivity index (χ0n) is 11.7. The minimum atomic E-state index is 0.549. The Bertz CT molecular complexity index is 398. The van der Waals surface area contributed by atoms with Crippen molar-refractivity contribution in [1.29, 1.82) is 0 Å². The van der Waals surface area contributed by atoms with Crippen LogP contribution in [0.15, 0.2) is 22.7 Å². The highest BCUT2D eigenvalue weighted by atomic mass is 79.9. The van der Waals surface area contributed by atoms with Gasteiger partial charge in [0, 0.05) is 16.6 Å². The number of nitrogens with one attached hydrogen (secondary N) is 1. The molecule has 2 rings (SSSR count). The van der Waals surface area contributed by atoms with Crippen molar-refractivity contribution < 1.29 is 0 Å². The SMILES string of the molecule is CCC(CC)C(C)NC1CCc2c(Br)cccc21. The molecule has 1 aromatic rings. The Morgan fingerprint density at radius 1 is 1.33 bits per heavy atom. The van der Waals surface area contributed by atoms with Gasteiger partial charge in [0.1, 0.15) is 0 Å². The van der Waals surface area contributed by atoms with Crippen molar-refractivity contribution in [2.45, 2.75) is 58.5 Å². The van der Waals surface area contributed by atoms with Gasteiger partial charge >= 0.3 is 0 Å². The number of halogens is 1. The van der Waals surface area contributed by atoms with Gasteiger partial charge in [-0.05, 0) is 42.9 Å². The average molecular weight is 310 g/mol. The molecule has 2 heteroatoms. The van der Waals surface area contributed by atoms with Crippen molar-refractivity contribution in [3.05, 3.63) is 33.8 Å². The Morgan fingerprint density at radius 2 is 2.06 bits per heavy atom. The highest BCUT2D eigenvalue weighted by Crippen LogP contribution is 2.36. The molecule has 0 radical (unpaired) electrons. The van der Waals surface area contributed by atoms with Crippen LogP contribution >= 0.6 is 15.9 Å². The molecule has 0 saturated carbocycles. The van der Waals surface area contributed by atoms with E-state index in [1.807, 2.05) is 0 Å². The van der Waals surface area contributed by atoms with Crippen LogP contribution in [0.3, 0.4) is 0 Å². The van der Waals surface area contributed by atoms with Gasteiger partial charge in [0.15, 0.2) is 0 Å². The van der Waals surface area contributed by atoms with Gasteiger partial charge in [-0.25, -0.2) is 0 Å². The lowest BCUT2D eigenvalue weighted by Gasteiger charge is -2.26. The van der Waals surface area contributed by atoms with Crippen molar-refractivity contribution in [2.24, 2.45) is 5.92 Å². The molecule has 0 spiro atoms. The van der Waals surface area contributed by atoms with E-state index < -0.39 is 0 Å². The Hall–Kier alpha value is -0.340. The summed E-state index contributed by atoms with van der Waals surface area (Å²) in [5.74, 6) is 0.793. The van der Waals surface area contributed by atoms with Gasteiger partial charge in [-0.1, -0.05) is 54.8 Å². The van der Waals surface area contributed by atoms with Crippen LogP contribution in [-0.4, -0.2) is 6.04 Å². The molecule has 1 aliphatic rings. The minimum absolute atomic E-state index is 0.549. The monoisotopic (exact) mass is 309 g/mol. The van der Waals surface area contributed by atoms with Crippen molar-refractivity contribution >= 4 is 15.9 Å². The third kappa shape index (κ3) is 2.80. The maximum atomic E-state index is 3.84. The van der Waals surface area contributed by atoms with E-state index in [1.165, 1.54) is 41.3 Å². The van der Waals surface area contributed by atoms with Crippen LogP contribution in [0.25, 0.3) is 0 Å². The van der Waals surface area contributed by atoms with E-state index in [1.54, 1.807) is 0 Å². The number of hydrogen-bond acceptors (Lipinski definition) is 1. The normalized spacial score (nSPS) is 20.2. The molecule has 0 bridgehead atoms. The zero-order valence-corrected chi connectivity index (χ0v) is 13.3. The molecule has 0 aliphatic heterocycles. The second-order valence-electron chi connectivity index (χ2n) is 5.43. The summed E-state index contributed by atoms with van der Waals surface area (Å²) in [6.45, 7) is 6.94. The molecule has 1 aliphatic carbocycles. The van der Waals surface area contributed by atoms with Crippen LogP contribution in [0.5, 0.6) is 0 Å². The van der Waals surface area contributed by atoms with Crippen LogP contribution in [0, 0.1) is 5.92 Å². The molecule has 18 heavy (non-hydrogen) atoms. The van der Waals surface area contributed by atoms with Crippen molar-refractivity contribution in [1.82, 2.24) is 5.32 Å². The summed E-state index contributed by atoms with van der Waals surface area (Å²) in [4.78, 5) is 0. The maximum Gasteiger partial charge on any atom is 0.0328 e. The fourth-order valence-electron chi connectivity index (χ4n) is 3.23. The Morgan fingerprint density at radius 3 is 2.72 bits per heavy atom. The van der Waals surface area contributed by atoms with Gasteiger partial charge in [0.25, 0.3) is 0 Å². The summed E-state index contributed by atoms with van der Waals surface area (Å²) in [6, 6.07) is 7.75. The van der Waals surface area contributed by atoms with Crippen molar-refractivity contribution in [2.75, 3.05) is 0 Å². The summed E-state index contributed by atoms with van der Waals surface area (Å²) >= 11 is 3.67. The summed E-state index contributed by atoms with van der Waals surface area (Å²) in [5.41, 5.74) is 3.01. The zero-order chi connectivity index (χ0) is 13.1. The average Bonchev–Trinajstić information content (AvgIpc) is 2.76. The molecule has 0 fully saturated rings. The van der Waals surface area contributed by atoms with Crippen LogP contribution in [-0.2, 0) is 6.42 Å². The van der Waals surface area contributed by atoms with Crippen molar-refractivity contribution in [3.8, 4) is 0 Å². The predicted molar refractivity (Wildman–Crippen MR) is 81.9 cm³/mol. The summed E-state index contributed by atoms with van der Waals surface area (Å²) < 4.78 is 1.28. The third-order valence-corrected chi connectivity index (χ3v) is 5.18. The van der Waals surface area contributed by atoms with E-state index in [9.17, 15) is 0 Å². The first-order chi connectivity index (χ1) is 8.67.